The second kappa shape index (κ2) is 10.5. The quantitative estimate of drug-likeness (QED) is 0.527. The Morgan fingerprint density at radius 1 is 1.21 bits per heavy atom. The van der Waals surface area contributed by atoms with Crippen LogP contribution in [-0.2, 0) is 11.3 Å². The second-order valence-electron chi connectivity index (χ2n) is 8.39. The molecule has 1 aliphatic rings. The van der Waals surface area contributed by atoms with Crippen molar-refractivity contribution in [1.29, 1.82) is 0 Å². The van der Waals surface area contributed by atoms with Gasteiger partial charge in [0.25, 0.3) is 0 Å². The molecule has 0 aliphatic carbocycles. The number of benzene rings is 2. The number of rotatable bonds is 8. The highest BCUT2D eigenvalue weighted by molar-refractivity contribution is 5.74. The number of ether oxygens (including phenoxy) is 2. The van der Waals surface area contributed by atoms with Gasteiger partial charge in [-0.15, -0.1) is 0 Å². The summed E-state index contributed by atoms with van der Waals surface area (Å²) in [6, 6.07) is 17.7. The number of hydrogen-bond acceptors (Lipinski definition) is 4. The molecule has 1 unspecified atom stereocenters. The maximum atomic E-state index is 12.9. The number of hydrogen-bond donors (Lipinski definition) is 1. The summed E-state index contributed by atoms with van der Waals surface area (Å²) in [6.07, 6.45) is 2.05. The van der Waals surface area contributed by atoms with Gasteiger partial charge >= 0.3 is 6.03 Å². The predicted octanol–water partition coefficient (Wildman–Crippen LogP) is 4.99. The summed E-state index contributed by atoms with van der Waals surface area (Å²) in [7, 11) is 0. The summed E-state index contributed by atoms with van der Waals surface area (Å²) >= 11 is 0. The molecule has 174 valence electrons. The molecule has 33 heavy (non-hydrogen) atoms. The lowest BCUT2D eigenvalue weighted by atomic mass is 10.2. The van der Waals surface area contributed by atoms with Gasteiger partial charge in [0, 0.05) is 19.7 Å². The predicted molar refractivity (Wildman–Crippen MR) is 128 cm³/mol. The van der Waals surface area contributed by atoms with E-state index in [-0.39, 0.29) is 12.1 Å². The first-order chi connectivity index (χ1) is 16.0. The number of carbonyl (C=O) groups excluding carboxylic acids is 1. The SMILES string of the molecule is CCNC(=O)N(Cc1c(C)nn(-c2ccccc2)c1Oc1cccc(C)c1)CC1CCCO1. The zero-order chi connectivity index (χ0) is 23.2. The summed E-state index contributed by atoms with van der Waals surface area (Å²) < 4.78 is 14.1. The minimum atomic E-state index is -0.110. The average molecular weight is 449 g/mol. The molecular formula is C26H32N4O3. The van der Waals surface area contributed by atoms with Gasteiger partial charge in [0.05, 0.1) is 29.6 Å². The molecule has 3 aromatic rings. The number of carbonyl (C=O) groups is 1. The third kappa shape index (κ3) is 5.54. The van der Waals surface area contributed by atoms with Crippen molar-refractivity contribution in [3.63, 3.8) is 0 Å². The minimum Gasteiger partial charge on any atom is -0.439 e. The molecule has 1 N–H and O–H groups in total. The van der Waals surface area contributed by atoms with Crippen molar-refractivity contribution in [2.45, 2.75) is 46.3 Å². The van der Waals surface area contributed by atoms with Crippen LogP contribution < -0.4 is 10.1 Å². The van der Waals surface area contributed by atoms with E-state index in [1.54, 1.807) is 0 Å². The van der Waals surface area contributed by atoms with Gasteiger partial charge in [0.1, 0.15) is 5.75 Å². The van der Waals surface area contributed by atoms with E-state index in [2.05, 4.69) is 5.32 Å². The third-order valence-corrected chi connectivity index (χ3v) is 5.75. The molecule has 1 aliphatic heterocycles. The van der Waals surface area contributed by atoms with E-state index in [0.29, 0.717) is 25.5 Å². The number of aryl methyl sites for hydroxylation is 2. The van der Waals surface area contributed by atoms with Crippen molar-refractivity contribution >= 4 is 6.03 Å². The number of aromatic nitrogens is 2. The van der Waals surface area contributed by atoms with Crippen LogP contribution in [0.5, 0.6) is 11.6 Å². The number of para-hydroxylation sites is 1. The van der Waals surface area contributed by atoms with Crippen molar-refractivity contribution in [3.8, 4) is 17.3 Å². The Balaban J connectivity index is 1.72. The van der Waals surface area contributed by atoms with Gasteiger partial charge in [-0.05, 0) is 63.4 Å². The van der Waals surface area contributed by atoms with Gasteiger partial charge in [0.2, 0.25) is 5.88 Å². The van der Waals surface area contributed by atoms with Gasteiger partial charge in [-0.2, -0.15) is 5.10 Å². The Hall–Kier alpha value is -3.32. The van der Waals surface area contributed by atoms with Crippen LogP contribution in [0.15, 0.2) is 54.6 Å². The lowest BCUT2D eigenvalue weighted by molar-refractivity contribution is 0.0793. The molecular weight excluding hydrogens is 416 g/mol. The first-order valence-electron chi connectivity index (χ1n) is 11.6. The van der Waals surface area contributed by atoms with E-state index in [9.17, 15) is 4.79 Å². The van der Waals surface area contributed by atoms with Crippen LogP contribution in [0.3, 0.4) is 0 Å². The molecule has 7 nitrogen and oxygen atoms in total. The normalized spacial score (nSPS) is 15.4. The Bertz CT molecular complexity index is 1070. The maximum Gasteiger partial charge on any atom is 0.317 e. The minimum absolute atomic E-state index is 0.0539. The van der Waals surface area contributed by atoms with Crippen LogP contribution in [0.1, 0.15) is 36.6 Å². The number of nitrogens with one attached hydrogen (secondary N) is 1. The molecule has 1 aromatic heterocycles. The third-order valence-electron chi connectivity index (χ3n) is 5.75. The molecule has 0 saturated carbocycles. The van der Waals surface area contributed by atoms with Gasteiger partial charge in [-0.3, -0.25) is 0 Å². The summed E-state index contributed by atoms with van der Waals surface area (Å²) in [6.45, 7) is 8.15. The van der Waals surface area contributed by atoms with Crippen LogP contribution >= 0.6 is 0 Å². The van der Waals surface area contributed by atoms with Crippen molar-refractivity contribution in [3.05, 3.63) is 71.4 Å². The maximum absolute atomic E-state index is 12.9. The molecule has 1 fully saturated rings. The summed E-state index contributed by atoms with van der Waals surface area (Å²) in [5, 5.41) is 7.73. The molecule has 7 heteroatoms. The molecule has 0 radical (unpaired) electrons. The fraction of sp³-hybridized carbons (Fsp3) is 0.385. The number of nitrogens with zero attached hydrogens (tertiary/aromatic N) is 3. The zero-order valence-corrected chi connectivity index (χ0v) is 19.6. The first kappa shape index (κ1) is 22.9. The molecule has 0 bridgehead atoms. The van der Waals surface area contributed by atoms with Crippen LogP contribution in [0.25, 0.3) is 5.69 Å². The number of urea groups is 1. The fourth-order valence-electron chi connectivity index (χ4n) is 4.07. The lowest BCUT2D eigenvalue weighted by Crippen LogP contribution is -2.43. The molecule has 4 rings (SSSR count). The molecule has 1 saturated heterocycles. The average Bonchev–Trinajstić information content (AvgIpc) is 3.43. The van der Waals surface area contributed by atoms with E-state index in [1.165, 1.54) is 0 Å². The van der Waals surface area contributed by atoms with Crippen molar-refractivity contribution in [2.75, 3.05) is 19.7 Å². The van der Waals surface area contributed by atoms with E-state index in [4.69, 9.17) is 14.6 Å². The topological polar surface area (TPSA) is 68.6 Å². The highest BCUT2D eigenvalue weighted by atomic mass is 16.5. The largest absolute Gasteiger partial charge is 0.439 e. The first-order valence-corrected chi connectivity index (χ1v) is 11.6. The van der Waals surface area contributed by atoms with E-state index < -0.39 is 0 Å². The molecule has 2 amide bonds. The Kier molecular flexibility index (Phi) is 7.29. The van der Waals surface area contributed by atoms with Crippen LogP contribution in [0, 0.1) is 13.8 Å². The zero-order valence-electron chi connectivity index (χ0n) is 19.6. The molecule has 2 aromatic carbocycles. The van der Waals surface area contributed by atoms with Crippen molar-refractivity contribution in [1.82, 2.24) is 20.0 Å². The monoisotopic (exact) mass is 448 g/mol. The summed E-state index contributed by atoms with van der Waals surface area (Å²) in [4.78, 5) is 14.7. The van der Waals surface area contributed by atoms with E-state index in [0.717, 1.165) is 47.7 Å². The second-order valence-corrected chi connectivity index (χ2v) is 8.39. The van der Waals surface area contributed by atoms with Crippen LogP contribution in [0.2, 0.25) is 0 Å². The van der Waals surface area contributed by atoms with Gasteiger partial charge in [-0.1, -0.05) is 30.3 Å². The molecule has 1 atom stereocenters. The van der Waals surface area contributed by atoms with Gasteiger partial charge in [0.15, 0.2) is 0 Å². The summed E-state index contributed by atoms with van der Waals surface area (Å²) in [5.41, 5.74) is 3.71. The Morgan fingerprint density at radius 3 is 2.73 bits per heavy atom. The van der Waals surface area contributed by atoms with E-state index >= 15 is 0 Å². The van der Waals surface area contributed by atoms with Crippen LogP contribution in [0.4, 0.5) is 4.79 Å². The van der Waals surface area contributed by atoms with Crippen LogP contribution in [-0.4, -0.2) is 46.5 Å². The van der Waals surface area contributed by atoms with Crippen molar-refractivity contribution in [2.24, 2.45) is 0 Å². The highest BCUT2D eigenvalue weighted by Gasteiger charge is 2.27. The molecule has 0 spiro atoms. The van der Waals surface area contributed by atoms with Gasteiger partial charge < -0.3 is 19.7 Å². The van der Waals surface area contributed by atoms with Gasteiger partial charge in [-0.25, -0.2) is 9.48 Å². The fourth-order valence-corrected chi connectivity index (χ4v) is 4.07. The standard InChI is InChI=1S/C26H32N4O3/c1-4-27-26(31)29(17-23-14-9-15-32-23)18-24-20(3)28-30(21-11-6-5-7-12-21)25(24)33-22-13-8-10-19(2)16-22/h5-8,10-13,16,23H,4,9,14-15,17-18H2,1-3H3,(H,27,31). The van der Waals surface area contributed by atoms with E-state index in [1.807, 2.05) is 85.0 Å². The Labute approximate surface area is 195 Å². The Morgan fingerprint density at radius 2 is 2.03 bits per heavy atom. The highest BCUT2D eigenvalue weighted by Crippen LogP contribution is 2.32. The summed E-state index contributed by atoms with van der Waals surface area (Å²) in [5.74, 6) is 1.35. The smallest absolute Gasteiger partial charge is 0.317 e. The van der Waals surface area contributed by atoms with Crippen molar-refractivity contribution < 1.29 is 14.3 Å². The lowest BCUT2D eigenvalue weighted by Gasteiger charge is -2.26. The number of amides is 2. The molecule has 2 heterocycles.